The Morgan fingerprint density at radius 1 is 0.889 bits per heavy atom. The molecular formula is C22H21BN2O2. The molecule has 0 aliphatic rings. The van der Waals surface area contributed by atoms with Crippen molar-refractivity contribution in [2.75, 3.05) is 0 Å². The minimum Gasteiger partial charge on any atom is -0.423 e. The standard InChI is InChI=1S/C22H21BN2O2/c1-3-8-16(4-2)20-15-21(17-9-6-5-7-10-17)25-22(24-20)18-11-13-19(14-12-18)23(26)27/h3-15,26-27H,1-2H3/b8-3-,16-4+. The maximum Gasteiger partial charge on any atom is 0.488 e. The molecule has 0 unspecified atom stereocenters. The van der Waals surface area contributed by atoms with E-state index in [9.17, 15) is 10.0 Å². The molecule has 4 nitrogen and oxygen atoms in total. The fourth-order valence-corrected chi connectivity index (χ4v) is 2.79. The molecular weight excluding hydrogens is 335 g/mol. The quantitative estimate of drug-likeness (QED) is 0.543. The first kappa shape index (κ1) is 18.8. The summed E-state index contributed by atoms with van der Waals surface area (Å²) in [5.41, 5.74) is 4.95. The fourth-order valence-electron chi connectivity index (χ4n) is 2.79. The lowest BCUT2D eigenvalue weighted by Crippen LogP contribution is -2.29. The van der Waals surface area contributed by atoms with Crippen LogP contribution in [0.5, 0.6) is 0 Å². The number of aromatic nitrogens is 2. The lowest BCUT2D eigenvalue weighted by Gasteiger charge is -2.10. The minimum absolute atomic E-state index is 0.432. The number of benzene rings is 2. The molecule has 0 aliphatic carbocycles. The van der Waals surface area contributed by atoms with E-state index in [1.807, 2.05) is 68.5 Å². The van der Waals surface area contributed by atoms with Crippen LogP contribution in [0, 0.1) is 0 Å². The predicted molar refractivity (Wildman–Crippen MR) is 111 cm³/mol. The molecule has 3 rings (SSSR count). The Bertz CT molecular complexity index is 965. The zero-order valence-electron chi connectivity index (χ0n) is 15.4. The van der Waals surface area contributed by atoms with E-state index in [1.54, 1.807) is 24.3 Å². The second-order valence-corrected chi connectivity index (χ2v) is 6.07. The molecule has 134 valence electrons. The molecule has 0 aliphatic heterocycles. The van der Waals surface area contributed by atoms with Gasteiger partial charge in [-0.1, -0.05) is 72.8 Å². The fraction of sp³-hybridized carbons (Fsp3) is 0.0909. The lowest BCUT2D eigenvalue weighted by atomic mass is 9.80. The lowest BCUT2D eigenvalue weighted by molar-refractivity contribution is 0.426. The highest BCUT2D eigenvalue weighted by molar-refractivity contribution is 6.58. The third-order valence-corrected chi connectivity index (χ3v) is 4.22. The van der Waals surface area contributed by atoms with Gasteiger partial charge in [-0.05, 0) is 30.9 Å². The van der Waals surface area contributed by atoms with Gasteiger partial charge in [-0.25, -0.2) is 9.97 Å². The van der Waals surface area contributed by atoms with Crippen LogP contribution in [-0.2, 0) is 0 Å². The van der Waals surface area contributed by atoms with Gasteiger partial charge in [0.15, 0.2) is 5.82 Å². The van der Waals surface area contributed by atoms with Gasteiger partial charge in [0.1, 0.15) is 0 Å². The summed E-state index contributed by atoms with van der Waals surface area (Å²) in [7, 11) is -1.49. The monoisotopic (exact) mass is 356 g/mol. The van der Waals surface area contributed by atoms with Crippen molar-refractivity contribution in [1.82, 2.24) is 9.97 Å². The van der Waals surface area contributed by atoms with Crippen molar-refractivity contribution in [3.8, 4) is 22.6 Å². The number of rotatable bonds is 5. The van der Waals surface area contributed by atoms with Crippen LogP contribution < -0.4 is 5.46 Å². The molecule has 0 radical (unpaired) electrons. The van der Waals surface area contributed by atoms with E-state index >= 15 is 0 Å². The zero-order valence-corrected chi connectivity index (χ0v) is 15.4. The summed E-state index contributed by atoms with van der Waals surface area (Å²) in [6.07, 6.45) is 6.02. The molecule has 0 bridgehead atoms. The predicted octanol–water partition coefficient (Wildman–Crippen LogP) is 3.47. The second-order valence-electron chi connectivity index (χ2n) is 6.07. The van der Waals surface area contributed by atoms with Gasteiger partial charge in [-0.15, -0.1) is 0 Å². The number of nitrogens with zero attached hydrogens (tertiary/aromatic N) is 2. The molecule has 0 saturated carbocycles. The highest BCUT2D eigenvalue weighted by Gasteiger charge is 2.13. The Labute approximate surface area is 159 Å². The Morgan fingerprint density at radius 2 is 1.59 bits per heavy atom. The number of hydrogen-bond donors (Lipinski definition) is 2. The van der Waals surface area contributed by atoms with Gasteiger partial charge in [-0.3, -0.25) is 0 Å². The molecule has 0 amide bonds. The van der Waals surface area contributed by atoms with Gasteiger partial charge >= 0.3 is 7.12 Å². The molecule has 1 aromatic heterocycles. The summed E-state index contributed by atoms with van der Waals surface area (Å²) in [5.74, 6) is 0.592. The average Bonchev–Trinajstić information content (AvgIpc) is 2.72. The Morgan fingerprint density at radius 3 is 2.19 bits per heavy atom. The van der Waals surface area contributed by atoms with Crippen LogP contribution in [0.2, 0.25) is 0 Å². The Hall–Kier alpha value is -3.02. The van der Waals surface area contributed by atoms with Crippen LogP contribution in [0.25, 0.3) is 28.2 Å². The minimum atomic E-state index is -1.49. The van der Waals surface area contributed by atoms with E-state index < -0.39 is 7.12 Å². The molecule has 1 heterocycles. The third-order valence-electron chi connectivity index (χ3n) is 4.22. The third kappa shape index (κ3) is 4.40. The zero-order chi connectivity index (χ0) is 19.2. The largest absolute Gasteiger partial charge is 0.488 e. The van der Waals surface area contributed by atoms with Crippen molar-refractivity contribution in [3.63, 3.8) is 0 Å². The van der Waals surface area contributed by atoms with Crippen molar-refractivity contribution in [2.24, 2.45) is 0 Å². The molecule has 0 fully saturated rings. The summed E-state index contributed by atoms with van der Waals surface area (Å²) in [6.45, 7) is 3.96. The van der Waals surface area contributed by atoms with Gasteiger partial charge in [0, 0.05) is 11.1 Å². The van der Waals surface area contributed by atoms with E-state index in [2.05, 4.69) is 0 Å². The second kappa shape index (κ2) is 8.58. The Kier molecular flexibility index (Phi) is 5.96. The summed E-state index contributed by atoms with van der Waals surface area (Å²) in [6, 6.07) is 18.9. The maximum absolute atomic E-state index is 9.30. The molecule has 0 saturated heterocycles. The van der Waals surface area contributed by atoms with Gasteiger partial charge in [0.25, 0.3) is 0 Å². The highest BCUT2D eigenvalue weighted by Crippen LogP contribution is 2.25. The van der Waals surface area contributed by atoms with Crippen LogP contribution in [0.15, 0.2) is 78.9 Å². The van der Waals surface area contributed by atoms with Crippen molar-refractivity contribution in [2.45, 2.75) is 13.8 Å². The van der Waals surface area contributed by atoms with Crippen molar-refractivity contribution in [3.05, 3.63) is 84.6 Å². The molecule has 2 aromatic carbocycles. The van der Waals surface area contributed by atoms with Crippen LogP contribution in [0.1, 0.15) is 19.5 Å². The summed E-state index contributed by atoms with van der Waals surface area (Å²) < 4.78 is 0. The van der Waals surface area contributed by atoms with Crippen LogP contribution >= 0.6 is 0 Å². The first-order valence-electron chi connectivity index (χ1n) is 8.82. The molecule has 2 N–H and O–H groups in total. The van der Waals surface area contributed by atoms with Crippen LogP contribution in [-0.4, -0.2) is 27.1 Å². The normalized spacial score (nSPS) is 11.8. The van der Waals surface area contributed by atoms with Crippen LogP contribution in [0.4, 0.5) is 0 Å². The first-order valence-corrected chi connectivity index (χ1v) is 8.82. The van der Waals surface area contributed by atoms with Gasteiger partial charge in [0.2, 0.25) is 0 Å². The topological polar surface area (TPSA) is 66.2 Å². The van der Waals surface area contributed by atoms with Crippen molar-refractivity contribution in [1.29, 1.82) is 0 Å². The smallest absolute Gasteiger partial charge is 0.423 e. The number of allylic oxidation sites excluding steroid dienone is 4. The van der Waals surface area contributed by atoms with E-state index in [0.717, 1.165) is 28.1 Å². The molecule has 27 heavy (non-hydrogen) atoms. The van der Waals surface area contributed by atoms with Gasteiger partial charge in [0.05, 0.1) is 11.4 Å². The molecule has 3 aromatic rings. The van der Waals surface area contributed by atoms with E-state index in [1.165, 1.54) is 0 Å². The SMILES string of the molecule is C/C=C\C(=C/C)c1cc(-c2ccccc2)nc(-c2ccc(B(O)O)cc2)n1. The molecule has 5 heteroatoms. The summed E-state index contributed by atoms with van der Waals surface area (Å²) >= 11 is 0. The highest BCUT2D eigenvalue weighted by atomic mass is 16.4. The molecule has 0 atom stereocenters. The summed E-state index contributed by atoms with van der Waals surface area (Å²) in [5, 5.41) is 18.6. The Balaban J connectivity index is 2.15. The number of hydrogen-bond acceptors (Lipinski definition) is 4. The van der Waals surface area contributed by atoms with E-state index in [-0.39, 0.29) is 0 Å². The van der Waals surface area contributed by atoms with Crippen molar-refractivity contribution < 1.29 is 10.0 Å². The maximum atomic E-state index is 9.30. The van der Waals surface area contributed by atoms with Crippen LogP contribution in [0.3, 0.4) is 0 Å². The average molecular weight is 356 g/mol. The van der Waals surface area contributed by atoms with Crippen molar-refractivity contribution >= 4 is 18.2 Å². The van der Waals surface area contributed by atoms with Gasteiger partial charge < -0.3 is 10.0 Å². The molecule has 0 spiro atoms. The van der Waals surface area contributed by atoms with E-state index in [0.29, 0.717) is 11.3 Å². The summed E-state index contributed by atoms with van der Waals surface area (Å²) in [4.78, 5) is 9.48. The first-order chi connectivity index (χ1) is 13.1. The van der Waals surface area contributed by atoms with E-state index in [4.69, 9.17) is 9.97 Å². The van der Waals surface area contributed by atoms with Gasteiger partial charge in [-0.2, -0.15) is 0 Å².